The van der Waals surface area contributed by atoms with Crippen molar-refractivity contribution in [2.45, 2.75) is 18.9 Å². The maximum Gasteiger partial charge on any atom is 0.257 e. The summed E-state index contributed by atoms with van der Waals surface area (Å²) in [5, 5.41) is 5.77. The van der Waals surface area contributed by atoms with E-state index < -0.39 is 0 Å². The fourth-order valence-corrected chi connectivity index (χ4v) is 4.48. The van der Waals surface area contributed by atoms with E-state index in [0.717, 1.165) is 12.8 Å². The number of aryl methyl sites for hydroxylation is 1. The number of anilines is 2. The average molecular weight is 444 g/mol. The Morgan fingerprint density at radius 2 is 1.76 bits per heavy atom. The van der Waals surface area contributed by atoms with Gasteiger partial charge in [-0.2, -0.15) is 0 Å². The Hall–Kier alpha value is -3.84. The second-order valence-corrected chi connectivity index (χ2v) is 8.28. The van der Waals surface area contributed by atoms with Gasteiger partial charge >= 0.3 is 0 Å². The van der Waals surface area contributed by atoms with Crippen molar-refractivity contribution in [3.05, 3.63) is 83.4 Å². The van der Waals surface area contributed by atoms with Crippen molar-refractivity contribution < 1.29 is 19.1 Å². The van der Waals surface area contributed by atoms with Crippen molar-refractivity contribution in [3.8, 4) is 11.5 Å². The summed E-state index contributed by atoms with van der Waals surface area (Å²) in [5.74, 6) is 0.758. The summed E-state index contributed by atoms with van der Waals surface area (Å²) < 4.78 is 10.7. The van der Waals surface area contributed by atoms with Gasteiger partial charge in [0, 0.05) is 17.8 Å². The number of carbonyl (C=O) groups is 2. The van der Waals surface area contributed by atoms with Crippen LogP contribution in [0.4, 0.5) is 11.4 Å². The first-order valence-electron chi connectivity index (χ1n) is 11.0. The van der Waals surface area contributed by atoms with Crippen molar-refractivity contribution in [1.29, 1.82) is 0 Å². The summed E-state index contributed by atoms with van der Waals surface area (Å²) >= 11 is 0. The molecule has 0 saturated carbocycles. The third kappa shape index (κ3) is 4.40. The van der Waals surface area contributed by atoms with Crippen LogP contribution in [0, 0.1) is 0 Å². The zero-order valence-electron chi connectivity index (χ0n) is 18.3. The summed E-state index contributed by atoms with van der Waals surface area (Å²) in [7, 11) is 1.96. The summed E-state index contributed by atoms with van der Waals surface area (Å²) in [4.78, 5) is 27.8. The summed E-state index contributed by atoms with van der Waals surface area (Å²) in [5.41, 5.74) is 4.08. The number of carbonyl (C=O) groups excluding carboxylic acids is 2. The topological polar surface area (TPSA) is 79.9 Å². The molecule has 1 aliphatic carbocycles. The molecule has 5 rings (SSSR count). The standard InChI is InChI=1S/C26H25N3O4/c1-29(22-12-10-17-6-2-3-7-19(17)22)15-25(30)28-21-9-5-4-8-20(21)26(31)27-18-11-13-23-24(14-18)33-16-32-23/h2-9,11,13-14,22H,10,12,15-16H2,1H3,(H,27,31)(H,28,30). The van der Waals surface area contributed by atoms with Crippen LogP contribution >= 0.6 is 0 Å². The van der Waals surface area contributed by atoms with Crippen LogP contribution in [-0.2, 0) is 11.2 Å². The maximum absolute atomic E-state index is 12.9. The molecule has 3 aromatic carbocycles. The molecule has 2 N–H and O–H groups in total. The van der Waals surface area contributed by atoms with Crippen LogP contribution in [-0.4, -0.2) is 37.1 Å². The number of amides is 2. The molecule has 33 heavy (non-hydrogen) atoms. The average Bonchev–Trinajstić information content (AvgIpc) is 3.46. The molecule has 0 saturated heterocycles. The fourth-order valence-electron chi connectivity index (χ4n) is 4.48. The van der Waals surface area contributed by atoms with E-state index in [1.54, 1.807) is 42.5 Å². The number of benzene rings is 3. The van der Waals surface area contributed by atoms with Gasteiger partial charge in [-0.25, -0.2) is 0 Å². The molecule has 7 nitrogen and oxygen atoms in total. The van der Waals surface area contributed by atoms with Crippen molar-refractivity contribution in [3.63, 3.8) is 0 Å². The third-order valence-electron chi connectivity index (χ3n) is 6.10. The first kappa shape index (κ1) is 21.0. The van der Waals surface area contributed by atoms with Gasteiger partial charge in [0.25, 0.3) is 5.91 Å². The predicted molar refractivity (Wildman–Crippen MR) is 126 cm³/mol. The van der Waals surface area contributed by atoms with Crippen molar-refractivity contribution in [2.75, 3.05) is 31.0 Å². The summed E-state index contributed by atoms with van der Waals surface area (Å²) in [6.07, 6.45) is 2.02. The van der Waals surface area contributed by atoms with Crippen LogP contribution in [0.15, 0.2) is 66.7 Å². The van der Waals surface area contributed by atoms with E-state index in [4.69, 9.17) is 9.47 Å². The minimum atomic E-state index is -0.317. The second kappa shape index (κ2) is 8.96. The second-order valence-electron chi connectivity index (χ2n) is 8.28. The molecule has 2 aliphatic rings. The molecule has 1 atom stereocenters. The minimum absolute atomic E-state index is 0.162. The molecule has 0 radical (unpaired) electrons. The van der Waals surface area contributed by atoms with E-state index in [-0.39, 0.29) is 31.2 Å². The lowest BCUT2D eigenvalue weighted by Gasteiger charge is -2.24. The van der Waals surface area contributed by atoms with Gasteiger partial charge < -0.3 is 20.1 Å². The van der Waals surface area contributed by atoms with Crippen LogP contribution < -0.4 is 20.1 Å². The van der Waals surface area contributed by atoms with E-state index >= 15 is 0 Å². The van der Waals surface area contributed by atoms with Gasteiger partial charge in [0.15, 0.2) is 11.5 Å². The van der Waals surface area contributed by atoms with Crippen molar-refractivity contribution in [1.82, 2.24) is 4.90 Å². The van der Waals surface area contributed by atoms with E-state index in [1.807, 2.05) is 13.1 Å². The van der Waals surface area contributed by atoms with E-state index in [2.05, 4.69) is 33.7 Å². The normalized spacial score (nSPS) is 15.9. The molecule has 0 spiro atoms. The molecule has 7 heteroatoms. The van der Waals surface area contributed by atoms with Crippen LogP contribution in [0.2, 0.25) is 0 Å². The van der Waals surface area contributed by atoms with Gasteiger partial charge in [0.05, 0.1) is 17.8 Å². The Balaban J connectivity index is 1.25. The van der Waals surface area contributed by atoms with Gasteiger partial charge in [0.2, 0.25) is 12.7 Å². The molecular weight excluding hydrogens is 418 g/mol. The van der Waals surface area contributed by atoms with Gasteiger partial charge in [0.1, 0.15) is 0 Å². The Morgan fingerprint density at radius 1 is 0.970 bits per heavy atom. The number of nitrogens with one attached hydrogen (secondary N) is 2. The van der Waals surface area contributed by atoms with E-state index in [0.29, 0.717) is 28.4 Å². The molecule has 0 bridgehead atoms. The van der Waals surface area contributed by atoms with E-state index in [9.17, 15) is 9.59 Å². The van der Waals surface area contributed by atoms with Crippen LogP contribution in [0.25, 0.3) is 0 Å². The number of hydrogen-bond donors (Lipinski definition) is 2. The number of likely N-dealkylation sites (N-methyl/N-ethyl adjacent to an activating group) is 1. The fraction of sp³-hybridized carbons (Fsp3) is 0.231. The number of fused-ring (bicyclic) bond motifs is 2. The number of nitrogens with zero attached hydrogens (tertiary/aromatic N) is 1. The lowest BCUT2D eigenvalue weighted by molar-refractivity contribution is -0.117. The zero-order valence-corrected chi connectivity index (χ0v) is 18.3. The molecule has 1 aliphatic heterocycles. The van der Waals surface area contributed by atoms with E-state index in [1.165, 1.54) is 11.1 Å². The molecule has 0 fully saturated rings. The highest BCUT2D eigenvalue weighted by atomic mass is 16.7. The molecule has 2 amide bonds. The molecule has 1 unspecified atom stereocenters. The predicted octanol–water partition coefficient (Wildman–Crippen LogP) is 4.23. The monoisotopic (exact) mass is 443 g/mol. The van der Waals surface area contributed by atoms with Gasteiger partial charge in [-0.1, -0.05) is 36.4 Å². The molecule has 1 heterocycles. The quantitative estimate of drug-likeness (QED) is 0.596. The number of rotatable bonds is 6. The highest BCUT2D eigenvalue weighted by molar-refractivity contribution is 6.10. The lowest BCUT2D eigenvalue weighted by Crippen LogP contribution is -2.33. The number of hydrogen-bond acceptors (Lipinski definition) is 5. The number of ether oxygens (including phenoxy) is 2. The maximum atomic E-state index is 12.9. The SMILES string of the molecule is CN(CC(=O)Nc1ccccc1C(=O)Nc1ccc2c(c1)OCO2)C1CCc2ccccc21. The lowest BCUT2D eigenvalue weighted by atomic mass is 10.1. The minimum Gasteiger partial charge on any atom is -0.454 e. The molecular formula is C26H25N3O4. The Kier molecular flexibility index (Phi) is 5.71. The molecule has 3 aromatic rings. The van der Waals surface area contributed by atoms with Crippen LogP contribution in [0.1, 0.15) is 33.9 Å². The van der Waals surface area contributed by atoms with Gasteiger partial charge in [-0.3, -0.25) is 14.5 Å². The first-order valence-corrected chi connectivity index (χ1v) is 11.0. The Bertz CT molecular complexity index is 1210. The highest BCUT2D eigenvalue weighted by Gasteiger charge is 2.26. The molecule has 168 valence electrons. The summed E-state index contributed by atoms with van der Waals surface area (Å²) in [6, 6.07) is 20.8. The Morgan fingerprint density at radius 3 is 2.67 bits per heavy atom. The van der Waals surface area contributed by atoms with Gasteiger partial charge in [-0.05, 0) is 55.3 Å². The van der Waals surface area contributed by atoms with Gasteiger partial charge in [-0.15, -0.1) is 0 Å². The Labute approximate surface area is 192 Å². The summed E-state index contributed by atoms with van der Waals surface area (Å²) in [6.45, 7) is 0.402. The van der Waals surface area contributed by atoms with Crippen molar-refractivity contribution >= 4 is 23.2 Å². The molecule has 0 aromatic heterocycles. The van der Waals surface area contributed by atoms with Crippen LogP contribution in [0.3, 0.4) is 0 Å². The largest absolute Gasteiger partial charge is 0.454 e. The smallest absolute Gasteiger partial charge is 0.257 e. The highest BCUT2D eigenvalue weighted by Crippen LogP contribution is 2.35. The first-order chi connectivity index (χ1) is 16.1. The third-order valence-corrected chi connectivity index (χ3v) is 6.10. The van der Waals surface area contributed by atoms with Crippen LogP contribution in [0.5, 0.6) is 11.5 Å². The van der Waals surface area contributed by atoms with Crippen molar-refractivity contribution in [2.24, 2.45) is 0 Å². The number of para-hydroxylation sites is 1. The zero-order chi connectivity index (χ0) is 22.8.